The minimum atomic E-state index is -3.49. The second-order valence-corrected chi connectivity index (χ2v) is 12.1. The molecule has 4 rings (SSSR count). The van der Waals surface area contributed by atoms with Crippen molar-refractivity contribution in [2.24, 2.45) is 23.7 Å². The van der Waals surface area contributed by atoms with Crippen molar-refractivity contribution < 1.29 is 22.6 Å². The molecule has 0 spiro atoms. The maximum atomic E-state index is 14.9. The number of alkyl halides is 2. The van der Waals surface area contributed by atoms with E-state index in [-0.39, 0.29) is 17.8 Å². The number of hydrogen-bond donors (Lipinski definition) is 0. The molecule has 0 saturated heterocycles. The minimum absolute atomic E-state index is 0.136. The monoisotopic (exact) mass is 532 g/mol. The summed E-state index contributed by atoms with van der Waals surface area (Å²) in [6.45, 7) is 3.33. The van der Waals surface area contributed by atoms with Crippen LogP contribution in [0.5, 0.6) is 5.75 Å². The first-order valence-electron chi connectivity index (χ1n) is 15.3. The van der Waals surface area contributed by atoms with Gasteiger partial charge in [-0.15, -0.1) is 11.8 Å². The fraction of sp³-hybridized carbons (Fsp3) is 0.758. The molecular weight excluding hydrogens is 485 g/mol. The first-order valence-corrected chi connectivity index (χ1v) is 15.3. The van der Waals surface area contributed by atoms with E-state index in [2.05, 4.69) is 18.8 Å². The van der Waals surface area contributed by atoms with Crippen LogP contribution in [0.15, 0.2) is 18.2 Å². The van der Waals surface area contributed by atoms with Gasteiger partial charge in [0.25, 0.3) is 0 Å². The van der Waals surface area contributed by atoms with Crippen molar-refractivity contribution >= 4 is 0 Å². The summed E-state index contributed by atoms with van der Waals surface area (Å²) in [6, 6.07) is 4.25. The van der Waals surface area contributed by atoms with Crippen LogP contribution in [-0.2, 0) is 4.74 Å². The first kappa shape index (κ1) is 29.3. The molecule has 38 heavy (non-hydrogen) atoms. The van der Waals surface area contributed by atoms with E-state index in [9.17, 15) is 13.2 Å². The summed E-state index contributed by atoms with van der Waals surface area (Å²) in [5.74, 6) is 8.67. The lowest BCUT2D eigenvalue weighted by Crippen LogP contribution is -2.35. The zero-order valence-electron chi connectivity index (χ0n) is 23.5. The molecule has 2 nitrogen and oxygen atoms in total. The van der Waals surface area contributed by atoms with Gasteiger partial charge >= 0.3 is 6.11 Å². The molecular formula is C33H47F3O2. The number of hydrogen-bond acceptors (Lipinski definition) is 2. The normalized spacial score (nSPS) is 30.3. The van der Waals surface area contributed by atoms with Gasteiger partial charge < -0.3 is 9.47 Å². The summed E-state index contributed by atoms with van der Waals surface area (Å²) in [4.78, 5) is 0. The number of ether oxygens (including phenoxy) is 2. The van der Waals surface area contributed by atoms with Gasteiger partial charge in [0.05, 0.1) is 6.10 Å². The van der Waals surface area contributed by atoms with E-state index in [0.29, 0.717) is 17.4 Å². The van der Waals surface area contributed by atoms with Crippen LogP contribution >= 0.6 is 0 Å². The van der Waals surface area contributed by atoms with Crippen LogP contribution in [0, 0.1) is 41.3 Å². The van der Waals surface area contributed by atoms with E-state index in [1.54, 1.807) is 6.07 Å². The Balaban J connectivity index is 1.18. The van der Waals surface area contributed by atoms with Gasteiger partial charge in [-0.2, -0.15) is 8.78 Å². The molecule has 1 aromatic carbocycles. The van der Waals surface area contributed by atoms with Gasteiger partial charge in [0.2, 0.25) is 0 Å². The maximum absolute atomic E-state index is 14.9. The number of benzene rings is 1. The van der Waals surface area contributed by atoms with Crippen LogP contribution in [-0.4, -0.2) is 18.8 Å². The summed E-state index contributed by atoms with van der Waals surface area (Å²) < 4.78 is 54.6. The number of rotatable bonds is 10. The van der Waals surface area contributed by atoms with Gasteiger partial charge in [-0.1, -0.05) is 32.3 Å². The second kappa shape index (κ2) is 14.1. The molecule has 212 valence electrons. The highest BCUT2D eigenvalue weighted by molar-refractivity contribution is 5.31. The third kappa shape index (κ3) is 8.41. The lowest BCUT2D eigenvalue weighted by Gasteiger charge is -2.37. The van der Waals surface area contributed by atoms with Crippen molar-refractivity contribution in [3.05, 3.63) is 29.6 Å². The Labute approximate surface area is 228 Å². The predicted octanol–water partition coefficient (Wildman–Crippen LogP) is 9.67. The Morgan fingerprint density at radius 1 is 0.895 bits per heavy atom. The molecule has 0 aliphatic heterocycles. The smallest absolute Gasteiger partial charge is 0.421 e. The van der Waals surface area contributed by atoms with Crippen LogP contribution in [0.3, 0.4) is 0 Å². The van der Waals surface area contributed by atoms with Crippen LogP contribution in [0.1, 0.15) is 122 Å². The summed E-state index contributed by atoms with van der Waals surface area (Å²) in [7, 11) is 0. The lowest BCUT2D eigenvalue weighted by atomic mass is 9.71. The third-order valence-corrected chi connectivity index (χ3v) is 9.48. The Bertz CT molecular complexity index is 912. The van der Waals surface area contributed by atoms with E-state index >= 15 is 0 Å². The zero-order chi connectivity index (χ0) is 27.0. The SMILES string of the molecule is CC#CC1CCC(C2CCC(OCC(F)(F)Oc3ccc(C4CCC(CCCC)CC4)c(F)c3)CC2)CC1. The fourth-order valence-electron chi connectivity index (χ4n) is 7.24. The largest absolute Gasteiger partial charge is 0.431 e. The van der Waals surface area contributed by atoms with Crippen molar-refractivity contribution in [2.75, 3.05) is 6.61 Å². The summed E-state index contributed by atoms with van der Waals surface area (Å²) in [6.07, 6.45) is 12.8. The number of unbranched alkanes of at least 4 members (excludes halogenated alkanes) is 1. The van der Waals surface area contributed by atoms with E-state index in [0.717, 1.165) is 69.3 Å². The van der Waals surface area contributed by atoms with E-state index in [4.69, 9.17) is 9.47 Å². The van der Waals surface area contributed by atoms with E-state index < -0.39 is 18.5 Å². The van der Waals surface area contributed by atoms with E-state index in [1.165, 1.54) is 51.0 Å². The molecule has 0 N–H and O–H groups in total. The molecule has 0 amide bonds. The van der Waals surface area contributed by atoms with Crippen molar-refractivity contribution in [1.82, 2.24) is 0 Å². The van der Waals surface area contributed by atoms with Gasteiger partial charge in [0.15, 0.2) is 6.61 Å². The van der Waals surface area contributed by atoms with E-state index in [1.807, 2.05) is 6.92 Å². The Hall–Kier alpha value is -1.67. The van der Waals surface area contributed by atoms with Crippen LogP contribution in [0.4, 0.5) is 13.2 Å². The standard InChI is InChI=1S/C33H47F3O2/c1-3-5-7-25-10-14-28(15-11-25)31-21-20-30(22-32(31)34)38-33(35,36)23-37-29-18-16-27(17-19-29)26-12-8-24(6-4-2)9-13-26/h20-22,24-29H,3,5,7-19,23H2,1-2H3. The topological polar surface area (TPSA) is 18.5 Å². The highest BCUT2D eigenvalue weighted by Crippen LogP contribution is 2.41. The second-order valence-electron chi connectivity index (χ2n) is 12.1. The molecule has 3 saturated carbocycles. The first-order chi connectivity index (χ1) is 18.4. The Morgan fingerprint density at radius 2 is 1.55 bits per heavy atom. The van der Waals surface area contributed by atoms with Crippen LogP contribution < -0.4 is 4.74 Å². The van der Waals surface area contributed by atoms with Crippen LogP contribution in [0.2, 0.25) is 0 Å². The van der Waals surface area contributed by atoms with Gasteiger partial charge in [-0.05, 0) is 119 Å². The van der Waals surface area contributed by atoms with Gasteiger partial charge in [-0.25, -0.2) is 4.39 Å². The summed E-state index contributed by atoms with van der Waals surface area (Å²) >= 11 is 0. The fourth-order valence-corrected chi connectivity index (χ4v) is 7.24. The maximum Gasteiger partial charge on any atom is 0.421 e. The molecule has 3 aliphatic rings. The minimum Gasteiger partial charge on any atom is -0.431 e. The molecule has 0 aromatic heterocycles. The predicted molar refractivity (Wildman–Crippen MR) is 147 cm³/mol. The van der Waals surface area contributed by atoms with Gasteiger partial charge in [0.1, 0.15) is 11.6 Å². The molecule has 0 bridgehead atoms. The Kier molecular flexibility index (Phi) is 10.9. The van der Waals surface area contributed by atoms with Crippen molar-refractivity contribution in [3.8, 4) is 17.6 Å². The average molecular weight is 533 g/mol. The average Bonchev–Trinajstić information content (AvgIpc) is 2.92. The molecule has 0 radical (unpaired) electrons. The number of halogens is 3. The molecule has 0 heterocycles. The molecule has 0 atom stereocenters. The molecule has 5 heteroatoms. The summed E-state index contributed by atoms with van der Waals surface area (Å²) in [5.41, 5.74) is 0.634. The highest BCUT2D eigenvalue weighted by Gasteiger charge is 2.36. The molecule has 1 aromatic rings. The van der Waals surface area contributed by atoms with Gasteiger partial charge in [0, 0.05) is 12.0 Å². The molecule has 0 unspecified atom stereocenters. The van der Waals surface area contributed by atoms with Crippen molar-refractivity contribution in [1.29, 1.82) is 0 Å². The Morgan fingerprint density at radius 3 is 2.16 bits per heavy atom. The van der Waals surface area contributed by atoms with Crippen LogP contribution in [0.25, 0.3) is 0 Å². The molecule has 3 fully saturated rings. The lowest BCUT2D eigenvalue weighted by molar-refractivity contribution is -0.222. The third-order valence-electron chi connectivity index (χ3n) is 9.48. The zero-order valence-corrected chi connectivity index (χ0v) is 23.5. The summed E-state index contributed by atoms with van der Waals surface area (Å²) in [5, 5.41) is 0. The van der Waals surface area contributed by atoms with Crippen molar-refractivity contribution in [2.45, 2.75) is 128 Å². The van der Waals surface area contributed by atoms with Crippen molar-refractivity contribution in [3.63, 3.8) is 0 Å². The quantitative estimate of drug-likeness (QED) is 0.279. The highest BCUT2D eigenvalue weighted by atomic mass is 19.3. The molecule has 3 aliphatic carbocycles. The van der Waals surface area contributed by atoms with Gasteiger partial charge in [-0.3, -0.25) is 0 Å².